The Morgan fingerprint density at radius 2 is 2.28 bits per heavy atom. The van der Waals surface area contributed by atoms with Crippen molar-refractivity contribution in [2.75, 3.05) is 0 Å². The molecule has 0 saturated heterocycles. The lowest BCUT2D eigenvalue weighted by atomic mass is 10.2. The first kappa shape index (κ1) is 17.9. The average Bonchev–Trinajstić information content (AvgIpc) is 3.20. The fraction of sp³-hybridized carbons (Fsp3) is 0.250. The number of benzene rings is 1. The van der Waals surface area contributed by atoms with Crippen LogP contribution in [0.15, 0.2) is 38.4 Å². The lowest BCUT2D eigenvalue weighted by Crippen LogP contribution is -2.24. The summed E-state index contributed by atoms with van der Waals surface area (Å²) in [5.41, 5.74) is 1.89. The van der Waals surface area contributed by atoms with Crippen molar-refractivity contribution in [1.82, 2.24) is 20.5 Å². The SMILES string of the molecule is Cc1nnc(CNC(=O)Cc2csc(SCc3cccc(Cl)c3)n2)o1. The highest BCUT2D eigenvalue weighted by molar-refractivity contribution is 8.00. The molecular formula is C16H15ClN4O2S2. The molecule has 0 spiro atoms. The van der Waals surface area contributed by atoms with Crippen LogP contribution in [-0.2, 0) is 23.5 Å². The van der Waals surface area contributed by atoms with Gasteiger partial charge in [0, 0.05) is 23.1 Å². The molecule has 2 heterocycles. The molecule has 0 aliphatic heterocycles. The number of aryl methyl sites for hydroxylation is 1. The molecule has 25 heavy (non-hydrogen) atoms. The standard InChI is InChI=1S/C16H15ClN4O2S2/c1-10-20-21-15(23-10)7-18-14(22)6-13-9-25-16(19-13)24-8-11-3-2-4-12(17)5-11/h2-5,9H,6-8H2,1H3,(H,18,22). The van der Waals surface area contributed by atoms with Gasteiger partial charge in [0.2, 0.25) is 17.7 Å². The number of carbonyl (C=O) groups is 1. The van der Waals surface area contributed by atoms with Gasteiger partial charge in [0.1, 0.15) is 4.34 Å². The van der Waals surface area contributed by atoms with E-state index < -0.39 is 0 Å². The van der Waals surface area contributed by atoms with Gasteiger partial charge in [-0.1, -0.05) is 35.5 Å². The van der Waals surface area contributed by atoms with Crippen molar-refractivity contribution in [3.63, 3.8) is 0 Å². The molecule has 0 saturated carbocycles. The summed E-state index contributed by atoms with van der Waals surface area (Å²) >= 11 is 9.14. The number of thioether (sulfide) groups is 1. The third-order valence-electron chi connectivity index (χ3n) is 3.13. The van der Waals surface area contributed by atoms with Crippen molar-refractivity contribution in [3.05, 3.63) is 57.7 Å². The van der Waals surface area contributed by atoms with Gasteiger partial charge in [-0.05, 0) is 17.7 Å². The topological polar surface area (TPSA) is 80.9 Å². The predicted molar refractivity (Wildman–Crippen MR) is 97.7 cm³/mol. The monoisotopic (exact) mass is 394 g/mol. The number of carbonyl (C=O) groups excluding carboxylic acids is 1. The minimum atomic E-state index is -0.132. The maximum atomic E-state index is 12.0. The van der Waals surface area contributed by atoms with E-state index in [1.807, 2.05) is 29.6 Å². The number of nitrogens with zero attached hydrogens (tertiary/aromatic N) is 3. The Hall–Kier alpha value is -1.90. The van der Waals surface area contributed by atoms with Gasteiger partial charge in [0.15, 0.2) is 0 Å². The van der Waals surface area contributed by atoms with Gasteiger partial charge in [0.05, 0.1) is 18.7 Å². The Morgan fingerprint density at radius 3 is 3.04 bits per heavy atom. The van der Waals surface area contributed by atoms with E-state index in [9.17, 15) is 4.79 Å². The Bertz CT molecular complexity index is 865. The summed E-state index contributed by atoms with van der Waals surface area (Å²) in [5.74, 6) is 1.52. The number of amides is 1. The van der Waals surface area contributed by atoms with Crippen LogP contribution in [0, 0.1) is 6.92 Å². The second-order valence-electron chi connectivity index (χ2n) is 5.19. The molecule has 1 amide bonds. The zero-order valence-corrected chi connectivity index (χ0v) is 15.7. The van der Waals surface area contributed by atoms with E-state index in [4.69, 9.17) is 16.0 Å². The molecule has 130 valence electrons. The molecule has 1 N–H and O–H groups in total. The number of halogens is 1. The van der Waals surface area contributed by atoms with E-state index in [1.165, 1.54) is 11.3 Å². The van der Waals surface area contributed by atoms with E-state index in [-0.39, 0.29) is 18.9 Å². The second kappa shape index (κ2) is 8.46. The smallest absolute Gasteiger partial charge is 0.235 e. The molecule has 2 aromatic heterocycles. The number of hydrogen-bond donors (Lipinski definition) is 1. The van der Waals surface area contributed by atoms with Crippen molar-refractivity contribution in [2.24, 2.45) is 0 Å². The van der Waals surface area contributed by atoms with E-state index in [1.54, 1.807) is 18.7 Å². The van der Waals surface area contributed by atoms with Gasteiger partial charge in [-0.3, -0.25) is 4.79 Å². The van der Waals surface area contributed by atoms with Crippen LogP contribution in [0.5, 0.6) is 0 Å². The van der Waals surface area contributed by atoms with Crippen molar-refractivity contribution in [3.8, 4) is 0 Å². The van der Waals surface area contributed by atoms with E-state index in [2.05, 4.69) is 20.5 Å². The summed E-state index contributed by atoms with van der Waals surface area (Å²) in [6.45, 7) is 1.93. The summed E-state index contributed by atoms with van der Waals surface area (Å²) < 4.78 is 6.13. The van der Waals surface area contributed by atoms with Gasteiger partial charge in [-0.25, -0.2) is 4.98 Å². The van der Waals surface area contributed by atoms with Crippen LogP contribution < -0.4 is 5.32 Å². The summed E-state index contributed by atoms with van der Waals surface area (Å²) in [6.07, 6.45) is 0.224. The quantitative estimate of drug-likeness (QED) is 0.616. The molecule has 3 aromatic rings. The largest absolute Gasteiger partial charge is 0.424 e. The minimum absolute atomic E-state index is 0.132. The minimum Gasteiger partial charge on any atom is -0.424 e. The van der Waals surface area contributed by atoms with Crippen molar-refractivity contribution in [1.29, 1.82) is 0 Å². The van der Waals surface area contributed by atoms with Crippen LogP contribution in [0.1, 0.15) is 23.0 Å². The number of aromatic nitrogens is 3. The lowest BCUT2D eigenvalue weighted by Gasteiger charge is -2.00. The zero-order chi connectivity index (χ0) is 17.6. The van der Waals surface area contributed by atoms with E-state index >= 15 is 0 Å². The molecule has 3 rings (SSSR count). The van der Waals surface area contributed by atoms with Crippen LogP contribution in [-0.4, -0.2) is 21.1 Å². The number of rotatable bonds is 7. The van der Waals surface area contributed by atoms with Gasteiger partial charge in [-0.15, -0.1) is 21.5 Å². The van der Waals surface area contributed by atoms with E-state index in [0.717, 1.165) is 26.4 Å². The maximum absolute atomic E-state index is 12.0. The highest BCUT2D eigenvalue weighted by Gasteiger charge is 2.10. The summed E-state index contributed by atoms with van der Waals surface area (Å²) in [5, 5.41) is 12.9. The van der Waals surface area contributed by atoms with Gasteiger partial charge < -0.3 is 9.73 Å². The molecular weight excluding hydrogens is 380 g/mol. The number of thiazole rings is 1. The molecule has 0 radical (unpaired) electrons. The highest BCUT2D eigenvalue weighted by Crippen LogP contribution is 2.27. The molecule has 0 bridgehead atoms. The molecule has 0 aliphatic rings. The fourth-order valence-corrected chi connectivity index (χ4v) is 4.02. The Morgan fingerprint density at radius 1 is 1.40 bits per heavy atom. The van der Waals surface area contributed by atoms with Crippen molar-refractivity contribution >= 4 is 40.6 Å². The molecule has 9 heteroatoms. The predicted octanol–water partition coefficient (Wildman–Crippen LogP) is 3.64. The number of hydrogen-bond acceptors (Lipinski definition) is 7. The first-order valence-electron chi connectivity index (χ1n) is 7.46. The second-order valence-corrected chi connectivity index (χ2v) is 7.71. The van der Waals surface area contributed by atoms with Crippen LogP contribution in [0.25, 0.3) is 0 Å². The van der Waals surface area contributed by atoms with E-state index in [0.29, 0.717) is 11.8 Å². The molecule has 0 unspecified atom stereocenters. The Balaban J connectivity index is 1.46. The molecule has 0 fully saturated rings. The summed E-state index contributed by atoms with van der Waals surface area (Å²) in [7, 11) is 0. The average molecular weight is 395 g/mol. The van der Waals surface area contributed by atoms with Gasteiger partial charge >= 0.3 is 0 Å². The molecule has 0 atom stereocenters. The van der Waals surface area contributed by atoms with Crippen molar-refractivity contribution < 1.29 is 9.21 Å². The van der Waals surface area contributed by atoms with Gasteiger partial charge in [0.25, 0.3) is 0 Å². The Kier molecular flexibility index (Phi) is 6.06. The van der Waals surface area contributed by atoms with Crippen molar-refractivity contribution in [2.45, 2.75) is 30.0 Å². The van der Waals surface area contributed by atoms with Crippen LogP contribution in [0.3, 0.4) is 0 Å². The first-order valence-corrected chi connectivity index (χ1v) is 9.70. The third-order valence-corrected chi connectivity index (χ3v) is 5.50. The summed E-state index contributed by atoms with van der Waals surface area (Å²) in [4.78, 5) is 16.4. The lowest BCUT2D eigenvalue weighted by molar-refractivity contribution is -0.120. The first-order chi connectivity index (χ1) is 12.1. The van der Waals surface area contributed by atoms with Crippen LogP contribution >= 0.6 is 34.7 Å². The van der Waals surface area contributed by atoms with Crippen LogP contribution in [0.2, 0.25) is 5.02 Å². The number of nitrogens with one attached hydrogen (secondary N) is 1. The zero-order valence-electron chi connectivity index (χ0n) is 13.4. The van der Waals surface area contributed by atoms with Gasteiger partial charge in [-0.2, -0.15) is 0 Å². The molecule has 1 aromatic carbocycles. The fourth-order valence-electron chi connectivity index (χ4n) is 2.02. The highest BCUT2D eigenvalue weighted by atomic mass is 35.5. The Labute approximate surface area is 158 Å². The molecule has 0 aliphatic carbocycles. The maximum Gasteiger partial charge on any atom is 0.235 e. The third kappa shape index (κ3) is 5.55. The normalized spacial score (nSPS) is 10.8. The van der Waals surface area contributed by atoms with Crippen LogP contribution in [0.4, 0.5) is 0 Å². The summed E-state index contributed by atoms with van der Waals surface area (Å²) in [6, 6.07) is 7.75. The molecule has 6 nitrogen and oxygen atoms in total.